The highest BCUT2D eigenvalue weighted by Crippen LogP contribution is 2.35. The second kappa shape index (κ2) is 5.89. The van der Waals surface area contributed by atoms with Crippen molar-refractivity contribution in [3.05, 3.63) is 24.3 Å². The van der Waals surface area contributed by atoms with Crippen molar-refractivity contribution in [1.82, 2.24) is 0 Å². The van der Waals surface area contributed by atoms with Gasteiger partial charge in [-0.2, -0.15) is 0 Å². The van der Waals surface area contributed by atoms with Gasteiger partial charge in [-0.3, -0.25) is 0 Å². The summed E-state index contributed by atoms with van der Waals surface area (Å²) >= 11 is 8.57. The maximum Gasteiger partial charge on any atom is 0.0842 e. The molecule has 1 aliphatic heterocycles. The number of aliphatic imine (C=N–C) groups is 1. The quantitative estimate of drug-likeness (QED) is 0.862. The van der Waals surface area contributed by atoms with Crippen molar-refractivity contribution in [1.29, 1.82) is 0 Å². The molecule has 1 aliphatic rings. The molecule has 5 heteroatoms. The maximum atomic E-state index is 5.60. The smallest absolute Gasteiger partial charge is 0.0842 e. The van der Waals surface area contributed by atoms with Gasteiger partial charge in [-0.15, -0.1) is 23.5 Å². The van der Waals surface area contributed by atoms with E-state index in [0.717, 1.165) is 22.2 Å². The van der Waals surface area contributed by atoms with Crippen LogP contribution in [-0.2, 0) is 0 Å². The van der Waals surface area contributed by atoms with Crippen molar-refractivity contribution < 1.29 is 0 Å². The summed E-state index contributed by atoms with van der Waals surface area (Å²) in [7, 11) is 0. The minimum atomic E-state index is 0.264. The molecule has 1 heterocycles. The van der Waals surface area contributed by atoms with Crippen LogP contribution in [0.15, 0.2) is 34.2 Å². The van der Waals surface area contributed by atoms with E-state index in [2.05, 4.69) is 30.1 Å². The Morgan fingerprint density at radius 2 is 2.35 bits per heavy atom. The van der Waals surface area contributed by atoms with Crippen LogP contribution < -0.4 is 5.73 Å². The molecule has 90 valence electrons. The van der Waals surface area contributed by atoms with Crippen LogP contribution in [0.25, 0.3) is 0 Å². The van der Waals surface area contributed by atoms with Crippen LogP contribution in [0.2, 0.25) is 0 Å². The van der Waals surface area contributed by atoms with Gasteiger partial charge in [-0.1, -0.05) is 31.3 Å². The first-order chi connectivity index (χ1) is 8.16. The highest BCUT2D eigenvalue weighted by Gasteiger charge is 2.14. The number of para-hydroxylation sites is 1. The summed E-state index contributed by atoms with van der Waals surface area (Å²) in [5.41, 5.74) is 6.68. The minimum absolute atomic E-state index is 0.264. The third kappa shape index (κ3) is 3.47. The number of nitrogens with zero attached hydrogens (tertiary/aromatic N) is 1. The zero-order valence-electron chi connectivity index (χ0n) is 9.55. The molecule has 0 saturated carbocycles. The first kappa shape index (κ1) is 12.9. The number of hydrogen-bond acceptors (Lipinski definition) is 4. The molecule has 1 atom stereocenters. The molecule has 0 aliphatic carbocycles. The third-order valence-electron chi connectivity index (χ3n) is 2.45. The summed E-state index contributed by atoms with van der Waals surface area (Å²) in [5.74, 6) is 2.13. The van der Waals surface area contributed by atoms with Gasteiger partial charge in [0.1, 0.15) is 0 Å². The Morgan fingerprint density at radius 1 is 1.59 bits per heavy atom. The van der Waals surface area contributed by atoms with Gasteiger partial charge < -0.3 is 5.73 Å². The number of rotatable bonds is 3. The molecule has 17 heavy (non-hydrogen) atoms. The van der Waals surface area contributed by atoms with Gasteiger partial charge in [0.15, 0.2) is 0 Å². The Bertz CT molecular complexity index is 457. The summed E-state index contributed by atoms with van der Waals surface area (Å²) < 4.78 is 0. The first-order valence-corrected chi connectivity index (χ1v) is 7.76. The first-order valence-electron chi connectivity index (χ1n) is 5.38. The molecule has 1 unspecified atom stereocenters. The van der Waals surface area contributed by atoms with Crippen molar-refractivity contribution in [2.75, 3.05) is 11.5 Å². The summed E-state index contributed by atoms with van der Waals surface area (Å²) in [4.78, 5) is 6.50. The second-order valence-corrected chi connectivity index (χ2v) is 6.46. The van der Waals surface area contributed by atoms with E-state index in [1.807, 2.05) is 17.8 Å². The van der Waals surface area contributed by atoms with Crippen molar-refractivity contribution >= 4 is 51.5 Å². The van der Waals surface area contributed by atoms with Gasteiger partial charge >= 0.3 is 0 Å². The van der Waals surface area contributed by atoms with Crippen molar-refractivity contribution in [2.24, 2.45) is 16.6 Å². The lowest BCUT2D eigenvalue weighted by Gasteiger charge is -2.15. The molecule has 0 fully saturated rings. The van der Waals surface area contributed by atoms with Crippen molar-refractivity contribution in [2.45, 2.75) is 11.8 Å². The van der Waals surface area contributed by atoms with E-state index in [-0.39, 0.29) is 5.92 Å². The predicted molar refractivity (Wildman–Crippen MR) is 82.7 cm³/mol. The largest absolute Gasteiger partial charge is 0.393 e. The Balaban J connectivity index is 2.00. The number of thioether (sulfide) groups is 2. The Hall–Kier alpha value is -0.520. The standard InChI is InChI=1S/C12H14N2S3/c1-8(12(13)15)6-17-11-7-16-10-5-3-2-4-9(10)14-11/h2-5,8H,6-7H2,1H3,(H2,13,15). The topological polar surface area (TPSA) is 38.4 Å². The van der Waals surface area contributed by atoms with E-state index in [1.54, 1.807) is 11.8 Å². The monoisotopic (exact) mass is 282 g/mol. The normalized spacial score (nSPS) is 15.9. The average Bonchev–Trinajstić information content (AvgIpc) is 2.35. The molecule has 0 amide bonds. The van der Waals surface area contributed by atoms with Crippen LogP contribution in [0.4, 0.5) is 5.69 Å². The molecule has 0 saturated heterocycles. The summed E-state index contributed by atoms with van der Waals surface area (Å²) in [6.45, 7) is 2.06. The summed E-state index contributed by atoms with van der Waals surface area (Å²) in [5, 5.41) is 1.16. The molecular formula is C12H14N2S3. The number of benzene rings is 1. The lowest BCUT2D eigenvalue weighted by molar-refractivity contribution is 0.909. The maximum absolute atomic E-state index is 5.60. The molecule has 2 rings (SSSR count). The van der Waals surface area contributed by atoms with Gasteiger partial charge in [0, 0.05) is 22.3 Å². The van der Waals surface area contributed by atoms with E-state index in [0.29, 0.717) is 4.99 Å². The lowest BCUT2D eigenvalue weighted by atomic mass is 10.2. The summed E-state index contributed by atoms with van der Waals surface area (Å²) in [6.07, 6.45) is 0. The molecule has 2 N–H and O–H groups in total. The molecule has 2 nitrogen and oxygen atoms in total. The third-order valence-corrected chi connectivity index (χ3v) is 5.34. The molecule has 0 spiro atoms. The van der Waals surface area contributed by atoms with E-state index >= 15 is 0 Å². The number of nitrogens with two attached hydrogens (primary N) is 1. The van der Waals surface area contributed by atoms with Crippen molar-refractivity contribution in [3.8, 4) is 0 Å². The second-order valence-electron chi connectivity index (χ2n) is 3.88. The van der Waals surface area contributed by atoms with E-state index in [1.165, 1.54) is 4.90 Å². The van der Waals surface area contributed by atoms with Crippen LogP contribution in [0.5, 0.6) is 0 Å². The fourth-order valence-electron chi connectivity index (χ4n) is 1.35. The van der Waals surface area contributed by atoms with Gasteiger partial charge in [0.25, 0.3) is 0 Å². The zero-order chi connectivity index (χ0) is 12.3. The van der Waals surface area contributed by atoms with Crippen LogP contribution in [0.1, 0.15) is 6.92 Å². The minimum Gasteiger partial charge on any atom is -0.393 e. The molecule has 1 aromatic carbocycles. The molecule has 0 aromatic heterocycles. The Kier molecular flexibility index (Phi) is 4.48. The zero-order valence-corrected chi connectivity index (χ0v) is 12.0. The molecule has 0 bridgehead atoms. The van der Waals surface area contributed by atoms with Crippen LogP contribution in [0.3, 0.4) is 0 Å². The highest BCUT2D eigenvalue weighted by molar-refractivity contribution is 8.16. The highest BCUT2D eigenvalue weighted by atomic mass is 32.2. The van der Waals surface area contributed by atoms with Gasteiger partial charge in [0.2, 0.25) is 0 Å². The van der Waals surface area contributed by atoms with E-state index < -0.39 is 0 Å². The summed E-state index contributed by atoms with van der Waals surface area (Å²) in [6, 6.07) is 8.24. The van der Waals surface area contributed by atoms with Crippen LogP contribution in [-0.4, -0.2) is 21.5 Å². The van der Waals surface area contributed by atoms with Crippen LogP contribution >= 0.6 is 35.7 Å². The Labute approximate surface area is 115 Å². The SMILES string of the molecule is CC(CSC1=Nc2ccccc2SC1)C(N)=S. The van der Waals surface area contributed by atoms with Gasteiger partial charge in [-0.25, -0.2) is 4.99 Å². The van der Waals surface area contributed by atoms with Crippen LogP contribution in [0, 0.1) is 5.92 Å². The molecule has 1 aromatic rings. The van der Waals surface area contributed by atoms with E-state index in [9.17, 15) is 0 Å². The number of hydrogen-bond donors (Lipinski definition) is 1. The fraction of sp³-hybridized carbons (Fsp3) is 0.333. The Morgan fingerprint density at radius 3 is 3.12 bits per heavy atom. The van der Waals surface area contributed by atoms with Crippen molar-refractivity contribution in [3.63, 3.8) is 0 Å². The number of fused-ring (bicyclic) bond motifs is 1. The lowest BCUT2D eigenvalue weighted by Crippen LogP contribution is -2.21. The van der Waals surface area contributed by atoms with Gasteiger partial charge in [-0.05, 0) is 12.1 Å². The average molecular weight is 282 g/mol. The number of thiocarbonyl (C=S) groups is 1. The predicted octanol–water partition coefficient (Wildman–Crippen LogP) is 3.48. The fourth-order valence-corrected chi connectivity index (χ4v) is 3.62. The molecule has 0 radical (unpaired) electrons. The molecular weight excluding hydrogens is 268 g/mol. The van der Waals surface area contributed by atoms with Gasteiger partial charge in [0.05, 0.1) is 15.7 Å². The van der Waals surface area contributed by atoms with E-state index in [4.69, 9.17) is 18.0 Å².